The van der Waals surface area contributed by atoms with Crippen molar-refractivity contribution in [1.29, 1.82) is 0 Å². The van der Waals surface area contributed by atoms with E-state index in [4.69, 9.17) is 5.73 Å². The Morgan fingerprint density at radius 3 is 2.64 bits per heavy atom. The summed E-state index contributed by atoms with van der Waals surface area (Å²) in [7, 11) is 0. The van der Waals surface area contributed by atoms with E-state index in [1.165, 1.54) is 0 Å². The smallest absolute Gasteiger partial charge is 0.227 e. The SMILES string of the molecule is CCC(CCc1ccc(C)cc1F)Nc1nc(C)nc(N)n1. The molecule has 0 aliphatic carbocycles. The van der Waals surface area contributed by atoms with Crippen molar-refractivity contribution >= 4 is 11.9 Å². The number of nitrogens with zero attached hydrogens (tertiary/aromatic N) is 3. The predicted molar refractivity (Wildman–Crippen MR) is 86.1 cm³/mol. The first kappa shape index (κ1) is 16.1. The Hall–Kier alpha value is -2.24. The van der Waals surface area contributed by atoms with E-state index in [1.54, 1.807) is 13.0 Å². The normalized spacial score (nSPS) is 12.2. The van der Waals surface area contributed by atoms with Crippen molar-refractivity contribution in [3.8, 4) is 0 Å². The highest BCUT2D eigenvalue weighted by Crippen LogP contribution is 2.15. The van der Waals surface area contributed by atoms with Crippen molar-refractivity contribution in [2.75, 3.05) is 11.1 Å². The minimum absolute atomic E-state index is 0.143. The summed E-state index contributed by atoms with van der Waals surface area (Å²) in [5, 5.41) is 3.25. The lowest BCUT2D eigenvalue weighted by atomic mass is 10.0. The highest BCUT2D eigenvalue weighted by atomic mass is 19.1. The Morgan fingerprint density at radius 1 is 1.23 bits per heavy atom. The molecule has 1 aromatic heterocycles. The van der Waals surface area contributed by atoms with E-state index in [0.717, 1.165) is 24.0 Å². The second-order valence-corrected chi connectivity index (χ2v) is 5.45. The molecule has 0 aliphatic rings. The van der Waals surface area contributed by atoms with Gasteiger partial charge in [-0.15, -0.1) is 0 Å². The molecule has 0 amide bonds. The lowest BCUT2D eigenvalue weighted by Crippen LogP contribution is -2.22. The molecule has 0 saturated heterocycles. The van der Waals surface area contributed by atoms with Gasteiger partial charge in [0.2, 0.25) is 11.9 Å². The zero-order valence-corrected chi connectivity index (χ0v) is 13.2. The highest BCUT2D eigenvalue weighted by Gasteiger charge is 2.11. The van der Waals surface area contributed by atoms with Gasteiger partial charge in [0, 0.05) is 6.04 Å². The van der Waals surface area contributed by atoms with Gasteiger partial charge >= 0.3 is 0 Å². The first-order chi connectivity index (χ1) is 10.5. The molecule has 0 fully saturated rings. The molecule has 22 heavy (non-hydrogen) atoms. The van der Waals surface area contributed by atoms with E-state index in [1.807, 2.05) is 19.1 Å². The number of hydrogen-bond donors (Lipinski definition) is 2. The van der Waals surface area contributed by atoms with Crippen LogP contribution >= 0.6 is 0 Å². The largest absolute Gasteiger partial charge is 0.368 e. The average Bonchev–Trinajstić information content (AvgIpc) is 2.43. The van der Waals surface area contributed by atoms with Crippen molar-refractivity contribution in [2.24, 2.45) is 0 Å². The maximum atomic E-state index is 13.9. The Morgan fingerprint density at radius 2 is 2.00 bits per heavy atom. The van der Waals surface area contributed by atoms with Crippen LogP contribution in [0.1, 0.15) is 36.7 Å². The molecule has 2 aromatic rings. The summed E-state index contributed by atoms with van der Waals surface area (Å²) in [5.41, 5.74) is 7.29. The quantitative estimate of drug-likeness (QED) is 0.857. The maximum absolute atomic E-state index is 13.9. The third kappa shape index (κ3) is 4.38. The Labute approximate surface area is 130 Å². The van der Waals surface area contributed by atoms with E-state index in [-0.39, 0.29) is 17.8 Å². The Bertz CT molecular complexity index is 624. The second kappa shape index (κ2) is 7.15. The number of nitrogen functional groups attached to an aromatic ring is 1. The van der Waals surface area contributed by atoms with Crippen LogP contribution in [0.25, 0.3) is 0 Å². The third-order valence-corrected chi connectivity index (χ3v) is 3.56. The van der Waals surface area contributed by atoms with E-state index in [0.29, 0.717) is 18.2 Å². The second-order valence-electron chi connectivity index (χ2n) is 5.45. The van der Waals surface area contributed by atoms with Crippen LogP contribution in [0.15, 0.2) is 18.2 Å². The first-order valence-corrected chi connectivity index (χ1v) is 7.47. The van der Waals surface area contributed by atoms with E-state index in [9.17, 15) is 4.39 Å². The number of rotatable bonds is 6. The molecule has 2 rings (SSSR count). The van der Waals surface area contributed by atoms with Crippen molar-refractivity contribution in [2.45, 2.75) is 46.1 Å². The van der Waals surface area contributed by atoms with Gasteiger partial charge in [0.05, 0.1) is 0 Å². The predicted octanol–water partition coefficient (Wildman–Crippen LogP) is 3.03. The minimum atomic E-state index is -0.143. The number of halogens is 1. The fourth-order valence-corrected chi connectivity index (χ4v) is 2.31. The van der Waals surface area contributed by atoms with Crippen molar-refractivity contribution in [3.63, 3.8) is 0 Å². The van der Waals surface area contributed by atoms with E-state index >= 15 is 0 Å². The zero-order chi connectivity index (χ0) is 16.1. The number of anilines is 2. The van der Waals surface area contributed by atoms with Crippen LogP contribution in [0.5, 0.6) is 0 Å². The number of aryl methyl sites for hydroxylation is 3. The van der Waals surface area contributed by atoms with E-state index in [2.05, 4.69) is 27.2 Å². The van der Waals surface area contributed by atoms with Crippen molar-refractivity contribution in [3.05, 3.63) is 41.0 Å². The molecular formula is C16H22FN5. The first-order valence-electron chi connectivity index (χ1n) is 7.47. The van der Waals surface area contributed by atoms with Crippen LogP contribution in [0.3, 0.4) is 0 Å². The number of aromatic nitrogens is 3. The third-order valence-electron chi connectivity index (χ3n) is 3.56. The highest BCUT2D eigenvalue weighted by molar-refractivity contribution is 5.32. The average molecular weight is 303 g/mol. The molecule has 1 aromatic carbocycles. The van der Waals surface area contributed by atoms with Crippen molar-refractivity contribution in [1.82, 2.24) is 15.0 Å². The number of nitrogens with one attached hydrogen (secondary N) is 1. The summed E-state index contributed by atoms with van der Waals surface area (Å²) in [6.07, 6.45) is 2.34. The standard InChI is InChI=1S/C16H22FN5/c1-4-13(21-16-20-11(3)19-15(18)22-16)8-7-12-6-5-10(2)9-14(12)17/h5-6,9,13H,4,7-8H2,1-3H3,(H3,18,19,20,21,22). The van der Waals surface area contributed by atoms with Crippen LogP contribution in [0, 0.1) is 19.7 Å². The van der Waals surface area contributed by atoms with Gasteiger partial charge in [-0.1, -0.05) is 19.1 Å². The van der Waals surface area contributed by atoms with Gasteiger partial charge in [-0.25, -0.2) is 4.39 Å². The van der Waals surface area contributed by atoms with Crippen LogP contribution in [-0.4, -0.2) is 21.0 Å². The summed E-state index contributed by atoms with van der Waals surface area (Å²) in [4.78, 5) is 12.2. The van der Waals surface area contributed by atoms with Crippen molar-refractivity contribution < 1.29 is 4.39 Å². The molecule has 0 saturated carbocycles. The lowest BCUT2D eigenvalue weighted by molar-refractivity contribution is 0.580. The molecule has 1 atom stereocenters. The Kier molecular flexibility index (Phi) is 5.25. The summed E-state index contributed by atoms with van der Waals surface area (Å²) in [6, 6.07) is 5.51. The summed E-state index contributed by atoms with van der Waals surface area (Å²) in [6.45, 7) is 5.73. The molecular weight excluding hydrogens is 281 g/mol. The van der Waals surface area contributed by atoms with Gasteiger partial charge in [0.25, 0.3) is 0 Å². The van der Waals surface area contributed by atoms with Gasteiger partial charge in [-0.2, -0.15) is 15.0 Å². The van der Waals surface area contributed by atoms with Crippen LogP contribution < -0.4 is 11.1 Å². The van der Waals surface area contributed by atoms with Crippen LogP contribution in [-0.2, 0) is 6.42 Å². The van der Waals surface area contributed by atoms with Gasteiger partial charge in [-0.05, 0) is 50.3 Å². The molecule has 6 heteroatoms. The monoisotopic (exact) mass is 303 g/mol. The molecule has 118 valence electrons. The topological polar surface area (TPSA) is 76.7 Å². The summed E-state index contributed by atoms with van der Waals surface area (Å²) < 4.78 is 13.9. The number of hydrogen-bond acceptors (Lipinski definition) is 5. The molecule has 3 N–H and O–H groups in total. The molecule has 5 nitrogen and oxygen atoms in total. The van der Waals surface area contributed by atoms with Gasteiger partial charge in [0.1, 0.15) is 11.6 Å². The van der Waals surface area contributed by atoms with Crippen LogP contribution in [0.2, 0.25) is 0 Å². The maximum Gasteiger partial charge on any atom is 0.227 e. The molecule has 1 heterocycles. The minimum Gasteiger partial charge on any atom is -0.368 e. The fraction of sp³-hybridized carbons (Fsp3) is 0.438. The van der Waals surface area contributed by atoms with Gasteiger partial charge in [-0.3, -0.25) is 0 Å². The Balaban J connectivity index is 2.00. The molecule has 0 bridgehead atoms. The lowest BCUT2D eigenvalue weighted by Gasteiger charge is -2.17. The number of benzene rings is 1. The fourth-order valence-electron chi connectivity index (χ4n) is 2.31. The molecule has 0 aliphatic heterocycles. The van der Waals surface area contributed by atoms with E-state index < -0.39 is 0 Å². The molecule has 1 unspecified atom stereocenters. The van der Waals surface area contributed by atoms with Gasteiger partial charge in [0.15, 0.2) is 0 Å². The molecule has 0 spiro atoms. The zero-order valence-electron chi connectivity index (χ0n) is 13.2. The summed E-state index contributed by atoms with van der Waals surface area (Å²) in [5.74, 6) is 1.11. The van der Waals surface area contributed by atoms with Crippen LogP contribution in [0.4, 0.5) is 16.3 Å². The van der Waals surface area contributed by atoms with Gasteiger partial charge < -0.3 is 11.1 Å². The molecule has 0 radical (unpaired) electrons. The summed E-state index contributed by atoms with van der Waals surface area (Å²) >= 11 is 0. The number of nitrogens with two attached hydrogens (primary N) is 1.